The molecule has 0 unspecified atom stereocenters. The zero-order chi connectivity index (χ0) is 15.2. The molecule has 0 radical (unpaired) electrons. The Morgan fingerprint density at radius 1 is 0.857 bits per heavy atom. The maximum absolute atomic E-state index is 13.9. The average molecular weight is 286 g/mol. The van der Waals surface area contributed by atoms with Crippen LogP contribution in [0.3, 0.4) is 0 Å². The first kappa shape index (κ1) is 15.4. The third-order valence-electron chi connectivity index (χ3n) is 3.51. The lowest BCUT2D eigenvalue weighted by atomic mass is 10.0. The number of hydrogen-bond acceptors (Lipinski definition) is 0. The predicted molar refractivity (Wildman–Crippen MR) is 85.3 cm³/mol. The minimum absolute atomic E-state index is 0.169. The van der Waals surface area contributed by atoms with Gasteiger partial charge in [-0.15, -0.1) is 0 Å². The van der Waals surface area contributed by atoms with Crippen molar-refractivity contribution in [2.75, 3.05) is 0 Å². The van der Waals surface area contributed by atoms with Gasteiger partial charge in [0.2, 0.25) is 0 Å². The molecule has 0 aliphatic heterocycles. The van der Waals surface area contributed by atoms with Gasteiger partial charge >= 0.3 is 0 Å². The number of hydrogen-bond donors (Lipinski definition) is 0. The molecule has 0 atom stereocenters. The molecule has 0 N–H and O–H groups in total. The Bertz CT molecular complexity index is 607. The summed E-state index contributed by atoms with van der Waals surface area (Å²) in [6.07, 6.45) is 1.69. The van der Waals surface area contributed by atoms with E-state index in [4.69, 9.17) is 0 Å². The zero-order valence-corrected chi connectivity index (χ0v) is 12.5. The van der Waals surface area contributed by atoms with Crippen molar-refractivity contribution in [2.24, 2.45) is 0 Å². The van der Waals surface area contributed by atoms with E-state index in [0.29, 0.717) is 12.0 Å². The Labute approximate surface area is 125 Å². The molecule has 2 heteroatoms. The highest BCUT2D eigenvalue weighted by atomic mass is 19.2. The van der Waals surface area contributed by atoms with E-state index in [0.717, 1.165) is 17.5 Å². The van der Waals surface area contributed by atoms with Gasteiger partial charge in [0.15, 0.2) is 5.83 Å². The monoisotopic (exact) mass is 286 g/mol. The van der Waals surface area contributed by atoms with Gasteiger partial charge in [-0.05, 0) is 24.5 Å². The Balaban J connectivity index is 2.20. The quantitative estimate of drug-likeness (QED) is 0.591. The number of allylic oxidation sites excluding steroid dienone is 1. The lowest BCUT2D eigenvalue weighted by Gasteiger charge is -2.05. The minimum Gasteiger partial charge on any atom is -0.209 e. The normalized spacial score (nSPS) is 12.2. The third-order valence-corrected chi connectivity index (χ3v) is 3.51. The molecule has 0 aliphatic carbocycles. The number of halogens is 2. The van der Waals surface area contributed by atoms with Gasteiger partial charge in [0.05, 0.1) is 0 Å². The van der Waals surface area contributed by atoms with Crippen LogP contribution in [0.2, 0.25) is 0 Å². The Morgan fingerprint density at radius 2 is 1.38 bits per heavy atom. The largest absolute Gasteiger partial charge is 0.209 e. The summed E-state index contributed by atoms with van der Waals surface area (Å²) in [7, 11) is 0. The summed E-state index contributed by atoms with van der Waals surface area (Å²) in [6, 6.07) is 15.0. The fraction of sp³-hybridized carbons (Fsp3) is 0.263. The van der Waals surface area contributed by atoms with Gasteiger partial charge in [-0.1, -0.05) is 67.4 Å². The molecular formula is C19H20F2. The molecule has 0 fully saturated rings. The molecule has 2 aromatic rings. The highest BCUT2D eigenvalue weighted by Gasteiger charge is 2.09. The van der Waals surface area contributed by atoms with E-state index in [1.54, 1.807) is 12.1 Å². The van der Waals surface area contributed by atoms with E-state index in [9.17, 15) is 8.78 Å². The van der Waals surface area contributed by atoms with Crippen LogP contribution in [0, 0.1) is 6.92 Å². The maximum Gasteiger partial charge on any atom is 0.161 e. The highest BCUT2D eigenvalue weighted by Crippen LogP contribution is 2.27. The summed E-state index contributed by atoms with van der Waals surface area (Å²) in [4.78, 5) is 0. The van der Waals surface area contributed by atoms with E-state index in [2.05, 4.69) is 0 Å². The Kier molecular flexibility index (Phi) is 5.26. The van der Waals surface area contributed by atoms with E-state index in [-0.39, 0.29) is 6.42 Å². The van der Waals surface area contributed by atoms with Gasteiger partial charge < -0.3 is 0 Å². The molecule has 2 rings (SSSR count). The summed E-state index contributed by atoms with van der Waals surface area (Å²) in [5.74, 6) is -1.39. The molecule has 110 valence electrons. The van der Waals surface area contributed by atoms with Crippen molar-refractivity contribution in [1.82, 2.24) is 0 Å². The first-order valence-electron chi connectivity index (χ1n) is 7.33. The van der Waals surface area contributed by atoms with Crippen molar-refractivity contribution in [3.8, 4) is 11.1 Å². The van der Waals surface area contributed by atoms with Gasteiger partial charge in [-0.2, -0.15) is 0 Å². The van der Waals surface area contributed by atoms with E-state index in [1.807, 2.05) is 50.2 Å². The first-order chi connectivity index (χ1) is 10.1. The molecule has 0 bridgehead atoms. The summed E-state index contributed by atoms with van der Waals surface area (Å²) < 4.78 is 27.6. The molecule has 0 spiro atoms. The molecule has 0 amide bonds. The van der Waals surface area contributed by atoms with Crippen molar-refractivity contribution in [3.05, 3.63) is 65.5 Å². The van der Waals surface area contributed by atoms with Crippen molar-refractivity contribution in [3.63, 3.8) is 0 Å². The van der Waals surface area contributed by atoms with Gasteiger partial charge in [-0.3, -0.25) is 0 Å². The van der Waals surface area contributed by atoms with Crippen LogP contribution >= 0.6 is 0 Å². The van der Waals surface area contributed by atoms with Crippen LogP contribution in [0.15, 0.2) is 54.4 Å². The van der Waals surface area contributed by atoms with Crippen LogP contribution < -0.4 is 0 Å². The van der Waals surface area contributed by atoms with Crippen molar-refractivity contribution in [1.29, 1.82) is 0 Å². The number of rotatable bonds is 5. The van der Waals surface area contributed by atoms with Crippen molar-refractivity contribution < 1.29 is 8.78 Å². The van der Waals surface area contributed by atoms with Gasteiger partial charge in [0, 0.05) is 12.0 Å². The minimum atomic E-state index is -0.737. The molecular weight excluding hydrogens is 266 g/mol. The van der Waals surface area contributed by atoms with Gasteiger partial charge in [-0.25, -0.2) is 8.78 Å². The molecule has 2 aromatic carbocycles. The van der Waals surface area contributed by atoms with E-state index < -0.39 is 11.7 Å². The van der Waals surface area contributed by atoms with Crippen LogP contribution in [-0.4, -0.2) is 0 Å². The smallest absolute Gasteiger partial charge is 0.161 e. The third kappa shape index (κ3) is 4.01. The van der Waals surface area contributed by atoms with Gasteiger partial charge in [0.1, 0.15) is 5.83 Å². The molecule has 0 aromatic heterocycles. The molecule has 0 saturated heterocycles. The second-order valence-corrected chi connectivity index (χ2v) is 5.27. The van der Waals surface area contributed by atoms with Crippen LogP contribution in [0.1, 0.15) is 37.3 Å². The zero-order valence-electron chi connectivity index (χ0n) is 12.5. The lowest BCUT2D eigenvalue weighted by Crippen LogP contribution is -1.85. The van der Waals surface area contributed by atoms with E-state index >= 15 is 0 Å². The Morgan fingerprint density at radius 3 is 1.90 bits per heavy atom. The maximum atomic E-state index is 13.9. The fourth-order valence-electron chi connectivity index (χ4n) is 2.15. The van der Waals surface area contributed by atoms with Gasteiger partial charge in [0.25, 0.3) is 0 Å². The second kappa shape index (κ2) is 7.16. The van der Waals surface area contributed by atoms with Crippen molar-refractivity contribution >= 4 is 5.83 Å². The number of unbranched alkanes of at least 4 members (excludes halogenated alkanes) is 1. The summed E-state index contributed by atoms with van der Waals surface area (Å²) in [6.45, 7) is 3.99. The second-order valence-electron chi connectivity index (χ2n) is 5.27. The number of benzene rings is 2. The summed E-state index contributed by atoms with van der Waals surface area (Å²) >= 11 is 0. The SMILES string of the molecule is CCCCC(F)=C(F)c1ccc(-c2ccc(C)cc2)cc1. The lowest BCUT2D eigenvalue weighted by molar-refractivity contribution is 0.548. The van der Waals surface area contributed by atoms with Crippen LogP contribution in [-0.2, 0) is 0 Å². The molecule has 0 nitrogen and oxygen atoms in total. The van der Waals surface area contributed by atoms with Crippen LogP contribution in [0.4, 0.5) is 8.78 Å². The first-order valence-corrected chi connectivity index (χ1v) is 7.33. The van der Waals surface area contributed by atoms with Crippen molar-refractivity contribution in [2.45, 2.75) is 33.1 Å². The molecule has 0 aliphatic rings. The predicted octanol–water partition coefficient (Wildman–Crippen LogP) is 6.46. The topological polar surface area (TPSA) is 0 Å². The van der Waals surface area contributed by atoms with Crippen LogP contribution in [0.25, 0.3) is 17.0 Å². The highest BCUT2D eigenvalue weighted by molar-refractivity contribution is 5.68. The molecule has 0 heterocycles. The standard InChI is InChI=1S/C19H20F2/c1-3-4-5-18(20)19(21)17-12-10-16(11-13-17)15-8-6-14(2)7-9-15/h6-13H,3-5H2,1-2H3. The molecule has 0 saturated carbocycles. The Hall–Kier alpha value is -1.96. The fourth-order valence-corrected chi connectivity index (χ4v) is 2.15. The molecule has 21 heavy (non-hydrogen) atoms. The van der Waals surface area contributed by atoms with E-state index in [1.165, 1.54) is 5.56 Å². The summed E-state index contributed by atoms with van der Waals surface area (Å²) in [5, 5.41) is 0. The van der Waals surface area contributed by atoms with Crippen LogP contribution in [0.5, 0.6) is 0 Å². The summed E-state index contributed by atoms with van der Waals surface area (Å²) in [5.41, 5.74) is 3.57. The average Bonchev–Trinajstić information content (AvgIpc) is 2.53. The number of aryl methyl sites for hydroxylation is 1.